The first-order valence-electron chi connectivity index (χ1n) is 11.1. The molecule has 2 aromatic heterocycles. The average molecular weight is 500 g/mol. The van der Waals surface area contributed by atoms with Crippen molar-refractivity contribution in [3.05, 3.63) is 101 Å². The molecular formula is C27H21N3O5S. The number of rotatable bonds is 8. The van der Waals surface area contributed by atoms with Crippen LogP contribution in [-0.2, 0) is 6.61 Å². The van der Waals surface area contributed by atoms with Crippen LogP contribution in [0.5, 0.6) is 11.5 Å². The number of anilines is 1. The maximum atomic E-state index is 13.3. The second kappa shape index (κ2) is 10.0. The summed E-state index contributed by atoms with van der Waals surface area (Å²) in [6.45, 7) is 2.18. The predicted molar refractivity (Wildman–Crippen MR) is 136 cm³/mol. The minimum atomic E-state index is -0.378. The van der Waals surface area contributed by atoms with Crippen molar-refractivity contribution in [2.75, 3.05) is 12.4 Å². The van der Waals surface area contributed by atoms with Crippen LogP contribution in [0.1, 0.15) is 37.9 Å². The molecular weight excluding hydrogens is 478 g/mol. The number of ether oxygens (including phenoxy) is 2. The van der Waals surface area contributed by atoms with Crippen LogP contribution in [0.2, 0.25) is 0 Å². The van der Waals surface area contributed by atoms with E-state index in [2.05, 4.69) is 14.1 Å². The summed E-state index contributed by atoms with van der Waals surface area (Å²) in [5.74, 6) is 0.566. The van der Waals surface area contributed by atoms with E-state index in [1.54, 1.807) is 73.8 Å². The van der Waals surface area contributed by atoms with E-state index in [9.17, 15) is 9.59 Å². The summed E-state index contributed by atoms with van der Waals surface area (Å²) in [6, 6.07) is 20.6. The zero-order chi connectivity index (χ0) is 25.1. The number of furan rings is 1. The Labute approximate surface area is 210 Å². The van der Waals surface area contributed by atoms with Gasteiger partial charge < -0.3 is 19.2 Å². The Morgan fingerprint density at radius 2 is 1.61 bits per heavy atom. The summed E-state index contributed by atoms with van der Waals surface area (Å²) < 4.78 is 25.1. The van der Waals surface area contributed by atoms with Crippen molar-refractivity contribution in [2.45, 2.75) is 13.5 Å². The van der Waals surface area contributed by atoms with Crippen molar-refractivity contribution in [1.29, 1.82) is 0 Å². The number of carbonyl (C=O) groups is 2. The fourth-order valence-electron chi connectivity index (χ4n) is 3.62. The highest BCUT2D eigenvalue weighted by atomic mass is 32.1. The molecule has 0 atom stereocenters. The lowest BCUT2D eigenvalue weighted by Crippen LogP contribution is -2.14. The van der Waals surface area contributed by atoms with Crippen LogP contribution in [0.25, 0.3) is 11.0 Å². The quantitative estimate of drug-likeness (QED) is 0.275. The van der Waals surface area contributed by atoms with Crippen LogP contribution in [-0.4, -0.2) is 27.5 Å². The molecule has 0 fully saturated rings. The van der Waals surface area contributed by atoms with Crippen LogP contribution in [0.15, 0.2) is 77.2 Å². The van der Waals surface area contributed by atoms with Gasteiger partial charge in [-0.25, -0.2) is 0 Å². The number of ketones is 1. The maximum absolute atomic E-state index is 13.3. The Morgan fingerprint density at radius 3 is 2.31 bits per heavy atom. The van der Waals surface area contributed by atoms with Gasteiger partial charge in [-0.2, -0.15) is 8.75 Å². The third-order valence-corrected chi connectivity index (χ3v) is 6.29. The van der Waals surface area contributed by atoms with E-state index in [-0.39, 0.29) is 17.5 Å². The molecule has 1 N–H and O–H groups in total. The van der Waals surface area contributed by atoms with Crippen LogP contribution >= 0.6 is 11.7 Å². The number of nitrogens with one attached hydrogen (secondary N) is 1. The maximum Gasteiger partial charge on any atom is 0.255 e. The Balaban J connectivity index is 1.38. The summed E-state index contributed by atoms with van der Waals surface area (Å²) in [7, 11) is 1.56. The van der Waals surface area contributed by atoms with Gasteiger partial charge in [-0.1, -0.05) is 12.1 Å². The molecule has 0 spiro atoms. The van der Waals surface area contributed by atoms with Crippen molar-refractivity contribution < 1.29 is 23.5 Å². The number of aromatic nitrogens is 2. The van der Waals surface area contributed by atoms with Crippen molar-refractivity contribution in [1.82, 2.24) is 8.75 Å². The number of hydrogen-bond donors (Lipinski definition) is 1. The van der Waals surface area contributed by atoms with Gasteiger partial charge in [0.2, 0.25) is 5.78 Å². The minimum Gasteiger partial charge on any atom is -0.497 e. The number of nitrogens with zero attached hydrogens (tertiary/aromatic N) is 2. The van der Waals surface area contributed by atoms with Gasteiger partial charge in [0.15, 0.2) is 5.76 Å². The monoisotopic (exact) mass is 499 g/mol. The zero-order valence-corrected chi connectivity index (χ0v) is 20.3. The van der Waals surface area contributed by atoms with Crippen LogP contribution < -0.4 is 14.8 Å². The number of fused-ring (bicyclic) bond motifs is 1. The van der Waals surface area contributed by atoms with E-state index in [4.69, 9.17) is 13.9 Å². The number of para-hydroxylation sites is 1. The number of benzene rings is 3. The molecule has 36 heavy (non-hydrogen) atoms. The molecule has 5 aromatic rings. The van der Waals surface area contributed by atoms with Crippen LogP contribution in [0.4, 0.5) is 5.69 Å². The average Bonchev–Trinajstić information content (AvgIpc) is 3.50. The normalized spacial score (nSPS) is 10.8. The number of amides is 1. The molecule has 180 valence electrons. The fraction of sp³-hybridized carbons (Fsp3) is 0.111. The third-order valence-electron chi connectivity index (χ3n) is 5.63. The van der Waals surface area contributed by atoms with Gasteiger partial charge in [-0.3, -0.25) is 9.59 Å². The molecule has 0 bridgehead atoms. The summed E-state index contributed by atoms with van der Waals surface area (Å²) in [5, 5.41) is 3.50. The smallest absolute Gasteiger partial charge is 0.255 e. The van der Waals surface area contributed by atoms with Gasteiger partial charge in [0.25, 0.3) is 5.91 Å². The summed E-state index contributed by atoms with van der Waals surface area (Å²) >= 11 is 1.14. The lowest BCUT2D eigenvalue weighted by atomic mass is 10.1. The van der Waals surface area contributed by atoms with E-state index in [1.165, 1.54) is 0 Å². The molecule has 0 aliphatic carbocycles. The lowest BCUT2D eigenvalue weighted by Gasteiger charge is -2.08. The first kappa shape index (κ1) is 23.3. The fourth-order valence-corrected chi connectivity index (χ4v) is 4.18. The molecule has 0 unspecified atom stereocenters. The Kier molecular flexibility index (Phi) is 6.46. The zero-order valence-electron chi connectivity index (χ0n) is 19.5. The minimum absolute atomic E-state index is 0.0573. The van der Waals surface area contributed by atoms with Gasteiger partial charge in [-0.15, -0.1) is 0 Å². The molecule has 0 saturated heterocycles. The standard InChI is InChI=1S/C27H21N3O5S/c1-16-22(30-36-29-16)15-34-20-13-9-18(10-14-20)27(32)28-24-21-5-3-4-6-23(21)35-26(24)25(31)17-7-11-19(33-2)12-8-17/h3-14H,15H2,1-2H3,(H,28,32). The molecule has 9 heteroatoms. The van der Waals surface area contributed by atoms with Gasteiger partial charge in [-0.05, 0) is 67.6 Å². The number of carbonyl (C=O) groups excluding carboxylic acids is 2. The third kappa shape index (κ3) is 4.69. The van der Waals surface area contributed by atoms with E-state index < -0.39 is 0 Å². The molecule has 1 amide bonds. The van der Waals surface area contributed by atoms with Crippen molar-refractivity contribution in [3.8, 4) is 11.5 Å². The van der Waals surface area contributed by atoms with Gasteiger partial charge >= 0.3 is 0 Å². The Bertz CT molecular complexity index is 1540. The van der Waals surface area contributed by atoms with Crippen LogP contribution in [0, 0.1) is 6.92 Å². The molecule has 5 rings (SSSR count). The number of aryl methyl sites for hydroxylation is 1. The molecule has 3 aromatic carbocycles. The van der Waals surface area contributed by atoms with Gasteiger partial charge in [0, 0.05) is 16.5 Å². The molecule has 8 nitrogen and oxygen atoms in total. The van der Waals surface area contributed by atoms with Gasteiger partial charge in [0.1, 0.15) is 29.4 Å². The first-order chi connectivity index (χ1) is 17.5. The predicted octanol–water partition coefficient (Wildman–Crippen LogP) is 5.66. The summed E-state index contributed by atoms with van der Waals surface area (Å²) in [5.41, 5.74) is 3.26. The molecule has 2 heterocycles. The van der Waals surface area contributed by atoms with E-state index in [0.717, 1.165) is 23.1 Å². The van der Waals surface area contributed by atoms with Gasteiger partial charge in [0.05, 0.1) is 30.2 Å². The van der Waals surface area contributed by atoms with Crippen molar-refractivity contribution >= 4 is 40.1 Å². The summed E-state index contributed by atoms with van der Waals surface area (Å²) in [6.07, 6.45) is 0. The molecule has 0 saturated carbocycles. The molecule has 0 aliphatic heterocycles. The Morgan fingerprint density at radius 1 is 0.917 bits per heavy atom. The topological polar surface area (TPSA) is 104 Å². The van der Waals surface area contributed by atoms with E-state index in [1.807, 2.05) is 13.0 Å². The summed E-state index contributed by atoms with van der Waals surface area (Å²) in [4.78, 5) is 26.4. The van der Waals surface area contributed by atoms with Crippen molar-refractivity contribution in [3.63, 3.8) is 0 Å². The van der Waals surface area contributed by atoms with Crippen LogP contribution in [0.3, 0.4) is 0 Å². The van der Waals surface area contributed by atoms with Crippen molar-refractivity contribution in [2.24, 2.45) is 0 Å². The SMILES string of the molecule is COc1ccc(C(=O)c2oc3ccccc3c2NC(=O)c2ccc(OCc3nsnc3C)cc2)cc1. The number of hydrogen-bond acceptors (Lipinski definition) is 8. The molecule has 0 radical (unpaired) electrons. The lowest BCUT2D eigenvalue weighted by molar-refractivity contribution is 0.101. The van der Waals surface area contributed by atoms with E-state index >= 15 is 0 Å². The largest absolute Gasteiger partial charge is 0.497 e. The highest BCUT2D eigenvalue weighted by Gasteiger charge is 2.24. The highest BCUT2D eigenvalue weighted by molar-refractivity contribution is 6.99. The highest BCUT2D eigenvalue weighted by Crippen LogP contribution is 2.33. The second-order valence-electron chi connectivity index (χ2n) is 7.92. The Hall–Kier alpha value is -4.50. The molecule has 0 aliphatic rings. The number of methoxy groups -OCH3 is 1. The van der Waals surface area contributed by atoms with E-state index in [0.29, 0.717) is 45.9 Å². The second-order valence-corrected chi connectivity index (χ2v) is 8.45. The first-order valence-corrected chi connectivity index (χ1v) is 11.8.